The van der Waals surface area contributed by atoms with Crippen LogP contribution in [-0.4, -0.2) is 36.6 Å². The van der Waals surface area contributed by atoms with Gasteiger partial charge < -0.3 is 14.8 Å². The number of hydrogen-bond acceptors (Lipinski definition) is 5. The lowest BCUT2D eigenvalue weighted by molar-refractivity contribution is -0.129. The van der Waals surface area contributed by atoms with Crippen molar-refractivity contribution in [1.82, 2.24) is 10.3 Å². The Balaban J connectivity index is 1.91. The molecular formula is C24H26N2O4. The minimum atomic E-state index is -0.896. The molecule has 6 nitrogen and oxygen atoms in total. The molecule has 30 heavy (non-hydrogen) atoms. The van der Waals surface area contributed by atoms with Gasteiger partial charge in [0, 0.05) is 17.5 Å². The fourth-order valence-corrected chi connectivity index (χ4v) is 2.98. The number of ether oxygens (including phenoxy) is 2. The Kier molecular flexibility index (Phi) is 6.67. The first-order valence-corrected chi connectivity index (χ1v) is 9.92. The summed E-state index contributed by atoms with van der Waals surface area (Å²) in [6.07, 6.45) is -0.896. The van der Waals surface area contributed by atoms with Crippen LogP contribution in [0.3, 0.4) is 0 Å². The Bertz CT molecular complexity index is 1040. The van der Waals surface area contributed by atoms with E-state index in [1.54, 1.807) is 20.1 Å². The number of para-hydroxylation sites is 1. The summed E-state index contributed by atoms with van der Waals surface area (Å²) in [4.78, 5) is 29.8. The number of aromatic nitrogens is 1. The molecule has 3 aromatic rings. The normalized spacial score (nSPS) is 11.9. The third kappa shape index (κ3) is 4.95. The van der Waals surface area contributed by atoms with Crippen LogP contribution < -0.4 is 10.1 Å². The number of carbonyl (C=O) groups excluding carboxylic acids is 2. The van der Waals surface area contributed by atoms with Crippen molar-refractivity contribution in [1.29, 1.82) is 0 Å². The third-order valence-corrected chi connectivity index (χ3v) is 4.66. The molecular weight excluding hydrogens is 380 g/mol. The first-order chi connectivity index (χ1) is 14.4. The first-order valence-electron chi connectivity index (χ1n) is 9.92. The van der Waals surface area contributed by atoms with Gasteiger partial charge in [0.05, 0.1) is 23.9 Å². The molecule has 0 spiro atoms. The molecule has 1 atom stereocenters. The van der Waals surface area contributed by atoms with E-state index in [4.69, 9.17) is 9.47 Å². The molecule has 0 aliphatic carbocycles. The van der Waals surface area contributed by atoms with Crippen LogP contribution in [0.25, 0.3) is 22.2 Å². The van der Waals surface area contributed by atoms with E-state index in [-0.39, 0.29) is 5.91 Å². The lowest BCUT2D eigenvalue weighted by Gasteiger charge is -2.16. The SMILES string of the molecule is COc1ccc(-c2cc(C(=O)OC(C)C(=O)NCC(C)C)c3ccccc3n2)cc1. The Hall–Kier alpha value is -3.41. The van der Waals surface area contributed by atoms with Gasteiger partial charge in [0.15, 0.2) is 6.10 Å². The molecule has 6 heteroatoms. The summed E-state index contributed by atoms with van der Waals surface area (Å²) < 4.78 is 10.7. The van der Waals surface area contributed by atoms with Crippen LogP contribution in [0.1, 0.15) is 31.1 Å². The smallest absolute Gasteiger partial charge is 0.339 e. The summed E-state index contributed by atoms with van der Waals surface area (Å²) in [5, 5.41) is 3.46. The molecule has 0 radical (unpaired) electrons. The van der Waals surface area contributed by atoms with Crippen molar-refractivity contribution in [2.45, 2.75) is 26.9 Å². The maximum atomic E-state index is 12.9. The van der Waals surface area contributed by atoms with Gasteiger partial charge in [-0.1, -0.05) is 32.0 Å². The zero-order valence-corrected chi connectivity index (χ0v) is 17.6. The van der Waals surface area contributed by atoms with Crippen molar-refractivity contribution < 1.29 is 19.1 Å². The van der Waals surface area contributed by atoms with Crippen LogP contribution in [0.15, 0.2) is 54.6 Å². The van der Waals surface area contributed by atoms with E-state index in [0.29, 0.717) is 34.6 Å². The second-order valence-corrected chi connectivity index (χ2v) is 7.49. The van der Waals surface area contributed by atoms with Gasteiger partial charge in [-0.3, -0.25) is 4.79 Å². The molecule has 1 N–H and O–H groups in total. The highest BCUT2D eigenvalue weighted by Crippen LogP contribution is 2.27. The molecule has 0 saturated heterocycles. The summed E-state index contributed by atoms with van der Waals surface area (Å²) in [5.41, 5.74) is 2.53. The highest BCUT2D eigenvalue weighted by molar-refractivity contribution is 6.05. The number of pyridine rings is 1. The van der Waals surface area contributed by atoms with E-state index in [9.17, 15) is 9.59 Å². The maximum absolute atomic E-state index is 12.9. The largest absolute Gasteiger partial charge is 0.497 e. The molecule has 0 aliphatic heterocycles. The van der Waals surface area contributed by atoms with E-state index >= 15 is 0 Å². The molecule has 1 unspecified atom stereocenters. The quantitative estimate of drug-likeness (QED) is 0.594. The van der Waals surface area contributed by atoms with Crippen LogP contribution in [-0.2, 0) is 9.53 Å². The van der Waals surface area contributed by atoms with Crippen LogP contribution in [0.4, 0.5) is 0 Å². The zero-order valence-electron chi connectivity index (χ0n) is 17.6. The molecule has 0 bridgehead atoms. The number of fused-ring (bicyclic) bond motifs is 1. The van der Waals surface area contributed by atoms with Gasteiger partial charge in [0.2, 0.25) is 0 Å². The predicted octanol–water partition coefficient (Wildman–Crippen LogP) is 4.23. The third-order valence-electron chi connectivity index (χ3n) is 4.66. The monoisotopic (exact) mass is 406 g/mol. The minimum Gasteiger partial charge on any atom is -0.497 e. The van der Waals surface area contributed by atoms with Crippen molar-refractivity contribution in [3.8, 4) is 17.0 Å². The van der Waals surface area contributed by atoms with E-state index in [1.165, 1.54) is 0 Å². The highest BCUT2D eigenvalue weighted by Gasteiger charge is 2.21. The van der Waals surface area contributed by atoms with Gasteiger partial charge in [0.25, 0.3) is 5.91 Å². The second-order valence-electron chi connectivity index (χ2n) is 7.49. The summed E-state index contributed by atoms with van der Waals surface area (Å²) >= 11 is 0. The van der Waals surface area contributed by atoms with Gasteiger partial charge in [-0.25, -0.2) is 9.78 Å². The predicted molar refractivity (Wildman–Crippen MR) is 116 cm³/mol. The number of nitrogens with zero attached hydrogens (tertiary/aromatic N) is 1. The molecule has 1 amide bonds. The molecule has 1 aromatic heterocycles. The van der Waals surface area contributed by atoms with E-state index in [1.807, 2.05) is 62.4 Å². The zero-order chi connectivity index (χ0) is 21.7. The van der Waals surface area contributed by atoms with Crippen LogP contribution in [0, 0.1) is 5.92 Å². The van der Waals surface area contributed by atoms with Gasteiger partial charge in [-0.15, -0.1) is 0 Å². The molecule has 2 aromatic carbocycles. The van der Waals surface area contributed by atoms with Crippen molar-refractivity contribution >= 4 is 22.8 Å². The van der Waals surface area contributed by atoms with Gasteiger partial charge in [-0.2, -0.15) is 0 Å². The fourth-order valence-electron chi connectivity index (χ4n) is 2.98. The summed E-state index contributed by atoms with van der Waals surface area (Å²) in [6, 6.07) is 16.5. The highest BCUT2D eigenvalue weighted by atomic mass is 16.5. The number of rotatable bonds is 7. The number of amides is 1. The van der Waals surface area contributed by atoms with Crippen LogP contribution in [0.2, 0.25) is 0 Å². The molecule has 3 rings (SSSR count). The van der Waals surface area contributed by atoms with Crippen molar-refractivity contribution in [2.24, 2.45) is 5.92 Å². The van der Waals surface area contributed by atoms with Crippen LogP contribution >= 0.6 is 0 Å². The lowest BCUT2D eigenvalue weighted by Crippen LogP contribution is -2.37. The number of nitrogens with one attached hydrogen (secondary N) is 1. The molecule has 0 aliphatic rings. The Morgan fingerprint density at radius 1 is 1.03 bits per heavy atom. The Morgan fingerprint density at radius 2 is 1.73 bits per heavy atom. The van der Waals surface area contributed by atoms with Gasteiger partial charge >= 0.3 is 5.97 Å². The average molecular weight is 406 g/mol. The molecule has 0 fully saturated rings. The van der Waals surface area contributed by atoms with Gasteiger partial charge in [-0.05, 0) is 49.2 Å². The maximum Gasteiger partial charge on any atom is 0.339 e. The van der Waals surface area contributed by atoms with Crippen LogP contribution in [0.5, 0.6) is 5.75 Å². The number of carbonyl (C=O) groups is 2. The number of esters is 1. The molecule has 1 heterocycles. The molecule has 156 valence electrons. The number of benzene rings is 2. The number of hydrogen-bond donors (Lipinski definition) is 1. The van der Waals surface area contributed by atoms with E-state index in [2.05, 4.69) is 10.3 Å². The van der Waals surface area contributed by atoms with E-state index in [0.717, 1.165) is 11.3 Å². The van der Waals surface area contributed by atoms with E-state index < -0.39 is 12.1 Å². The second kappa shape index (κ2) is 9.39. The summed E-state index contributed by atoms with van der Waals surface area (Å²) in [7, 11) is 1.61. The standard InChI is InChI=1S/C24H26N2O4/c1-15(2)14-25-23(27)16(3)30-24(28)20-13-22(17-9-11-18(29-4)12-10-17)26-21-8-6-5-7-19(20)21/h5-13,15-16H,14H2,1-4H3,(H,25,27). The van der Waals surface area contributed by atoms with Crippen molar-refractivity contribution in [2.75, 3.05) is 13.7 Å². The van der Waals surface area contributed by atoms with Gasteiger partial charge in [0.1, 0.15) is 5.75 Å². The van der Waals surface area contributed by atoms with Crippen molar-refractivity contribution in [3.63, 3.8) is 0 Å². The topological polar surface area (TPSA) is 77.5 Å². The summed E-state index contributed by atoms with van der Waals surface area (Å²) in [5.74, 6) is 0.176. The summed E-state index contributed by atoms with van der Waals surface area (Å²) in [6.45, 7) is 6.10. The minimum absolute atomic E-state index is 0.313. The fraction of sp³-hybridized carbons (Fsp3) is 0.292. The first kappa shape index (κ1) is 21.3. The Morgan fingerprint density at radius 3 is 2.40 bits per heavy atom. The number of methoxy groups -OCH3 is 1. The lowest BCUT2D eigenvalue weighted by atomic mass is 10.0. The average Bonchev–Trinajstić information content (AvgIpc) is 2.76. The van der Waals surface area contributed by atoms with Crippen molar-refractivity contribution in [3.05, 3.63) is 60.2 Å². The Labute approximate surface area is 176 Å². The molecule has 0 saturated carbocycles.